The molecule has 0 aliphatic heterocycles. The van der Waals surface area contributed by atoms with Crippen LogP contribution in [0.3, 0.4) is 0 Å². The van der Waals surface area contributed by atoms with Gasteiger partial charge in [0.1, 0.15) is 6.33 Å². The van der Waals surface area contributed by atoms with Gasteiger partial charge in [-0.25, -0.2) is 9.97 Å². The second-order valence-corrected chi connectivity index (χ2v) is 18.6. The Morgan fingerprint density at radius 2 is 1.69 bits per heavy atom. The molecule has 2 aromatic heterocycles. The molecule has 2 atom stereocenters. The highest BCUT2D eigenvalue weighted by Crippen LogP contribution is 2.66. The van der Waals surface area contributed by atoms with E-state index in [2.05, 4.69) is 137 Å². The van der Waals surface area contributed by atoms with E-state index < -0.39 is 10.3 Å². The highest BCUT2D eigenvalue weighted by Gasteiger charge is 2.44. The average Bonchev–Trinajstić information content (AvgIpc) is 3.53. The predicted octanol–water partition coefficient (Wildman–Crippen LogP) is 8.96. The van der Waals surface area contributed by atoms with E-state index in [-0.39, 0.29) is 9.49 Å². The van der Waals surface area contributed by atoms with Crippen LogP contribution in [0, 0.1) is 5.92 Å². The van der Waals surface area contributed by atoms with Gasteiger partial charge in [-0.2, -0.15) is 4.98 Å². The normalized spacial score (nSPS) is 18.6. The second kappa shape index (κ2) is 13.8. The maximum atomic E-state index is 6.77. The summed E-state index contributed by atoms with van der Waals surface area (Å²) in [7, 11) is -1.24. The van der Waals surface area contributed by atoms with Gasteiger partial charge in [0.15, 0.2) is 11.2 Å². The molecule has 0 N–H and O–H groups in total. The number of nitrogens with zero attached hydrogens (tertiary/aromatic N) is 4. The molecule has 218 valence electrons. The molecule has 1 aliphatic carbocycles. The van der Waals surface area contributed by atoms with Crippen LogP contribution in [-0.2, 0) is 10.6 Å². The van der Waals surface area contributed by atoms with E-state index in [1.54, 1.807) is 6.33 Å². The predicted molar refractivity (Wildman–Crippen MR) is 179 cm³/mol. The molecular formula is C30H46BrIN4O2S. The molecule has 0 radical (unpaired) electrons. The zero-order chi connectivity index (χ0) is 28.8. The van der Waals surface area contributed by atoms with Crippen molar-refractivity contribution in [2.75, 3.05) is 23.9 Å². The lowest BCUT2D eigenvalue weighted by Crippen LogP contribution is -2.39. The number of hydrogen-bond acceptors (Lipinski definition) is 5. The fourth-order valence-corrected chi connectivity index (χ4v) is 8.51. The minimum absolute atomic E-state index is 0.148. The maximum Gasteiger partial charge on any atom is 0.245 e. The van der Waals surface area contributed by atoms with Crippen LogP contribution in [0.4, 0.5) is 0 Å². The molecule has 39 heavy (non-hydrogen) atoms. The second-order valence-electron chi connectivity index (χ2n) is 12.2. The van der Waals surface area contributed by atoms with Crippen molar-refractivity contribution in [1.29, 1.82) is 0 Å². The standard InChI is InChI=1S/C22H37IN4O2S.C8H9Br/c1-21(2,3)30(7,22(4,5)6)29-13-16-8-9-17(12-16)27-15-26-18-19(27)24-14-25-20(18)28-11-10-23;1-2-7-3-5-8(9)6-4-7/h14-17H,8-13H2,1-7H3;3-6H,2H2,1H3. The van der Waals surface area contributed by atoms with Gasteiger partial charge in [-0.1, -0.05) is 99.1 Å². The number of imidazole rings is 1. The number of alkyl halides is 1. The van der Waals surface area contributed by atoms with Gasteiger partial charge in [0.2, 0.25) is 5.88 Å². The Morgan fingerprint density at radius 3 is 2.28 bits per heavy atom. The Balaban J connectivity index is 0.000000395. The summed E-state index contributed by atoms with van der Waals surface area (Å²) in [4.78, 5) is 13.4. The van der Waals surface area contributed by atoms with Crippen LogP contribution in [0.2, 0.25) is 0 Å². The number of benzene rings is 1. The first-order valence-electron chi connectivity index (χ1n) is 13.8. The van der Waals surface area contributed by atoms with Gasteiger partial charge >= 0.3 is 0 Å². The lowest BCUT2D eigenvalue weighted by molar-refractivity contribution is 0.263. The average molecular weight is 734 g/mol. The molecule has 1 aliphatic rings. The smallest absolute Gasteiger partial charge is 0.245 e. The van der Waals surface area contributed by atoms with Gasteiger partial charge in [0, 0.05) is 24.4 Å². The summed E-state index contributed by atoms with van der Waals surface area (Å²) in [5, 5.41) is 0. The van der Waals surface area contributed by atoms with Gasteiger partial charge in [-0.15, -0.1) is 10.3 Å². The summed E-state index contributed by atoms with van der Waals surface area (Å²) < 4.78 is 17.1. The summed E-state index contributed by atoms with van der Waals surface area (Å²) in [6.07, 6.45) is 10.4. The van der Waals surface area contributed by atoms with E-state index in [0.29, 0.717) is 24.4 Å². The quantitative estimate of drug-likeness (QED) is 0.171. The van der Waals surface area contributed by atoms with Gasteiger partial charge in [0.25, 0.3) is 0 Å². The van der Waals surface area contributed by atoms with E-state index in [9.17, 15) is 0 Å². The SMILES string of the molecule is CC(C)(C)S(C)(OCC1CCC(n2cnc3c(OCCI)ncnc32)C1)C(C)(C)C.CCc1ccc(Br)cc1. The monoisotopic (exact) mass is 732 g/mol. The molecule has 1 saturated carbocycles. The minimum atomic E-state index is -1.24. The Labute approximate surface area is 259 Å². The molecule has 1 fully saturated rings. The van der Waals surface area contributed by atoms with Crippen molar-refractivity contribution < 1.29 is 8.92 Å². The van der Waals surface area contributed by atoms with Gasteiger partial charge in [0.05, 0.1) is 19.5 Å². The van der Waals surface area contributed by atoms with E-state index in [0.717, 1.165) is 45.9 Å². The third kappa shape index (κ3) is 8.10. The van der Waals surface area contributed by atoms with Crippen molar-refractivity contribution >= 4 is 60.0 Å². The van der Waals surface area contributed by atoms with Crippen LogP contribution >= 0.6 is 48.8 Å². The fourth-order valence-electron chi connectivity index (χ4n) is 5.02. The van der Waals surface area contributed by atoms with Crippen LogP contribution in [0.15, 0.2) is 41.4 Å². The van der Waals surface area contributed by atoms with Gasteiger partial charge in [-0.3, -0.25) is 0 Å². The third-order valence-electron chi connectivity index (χ3n) is 7.75. The van der Waals surface area contributed by atoms with E-state index in [1.807, 2.05) is 6.33 Å². The molecule has 0 spiro atoms. The Kier molecular flexibility index (Phi) is 11.6. The van der Waals surface area contributed by atoms with Crippen LogP contribution < -0.4 is 4.74 Å². The van der Waals surface area contributed by atoms with Crippen molar-refractivity contribution in [3.8, 4) is 5.88 Å². The topological polar surface area (TPSA) is 62.1 Å². The third-order valence-corrected chi connectivity index (χ3v) is 14.0. The zero-order valence-corrected chi connectivity index (χ0v) is 29.4. The summed E-state index contributed by atoms with van der Waals surface area (Å²) in [5.41, 5.74) is 3.03. The molecule has 4 rings (SSSR count). The molecule has 0 saturated heterocycles. The molecule has 2 unspecified atom stereocenters. The molecule has 0 amide bonds. The molecule has 0 bridgehead atoms. The van der Waals surface area contributed by atoms with E-state index in [1.165, 1.54) is 12.0 Å². The zero-order valence-electron chi connectivity index (χ0n) is 24.8. The number of hydrogen-bond donors (Lipinski definition) is 0. The lowest BCUT2D eigenvalue weighted by Gasteiger charge is -2.56. The molecule has 3 aromatic rings. The first kappa shape index (κ1) is 32.6. The highest BCUT2D eigenvalue weighted by atomic mass is 127. The molecule has 9 heteroatoms. The van der Waals surface area contributed by atoms with E-state index in [4.69, 9.17) is 8.92 Å². The van der Waals surface area contributed by atoms with Crippen molar-refractivity contribution in [3.63, 3.8) is 0 Å². The van der Waals surface area contributed by atoms with E-state index >= 15 is 0 Å². The Morgan fingerprint density at radius 1 is 1.03 bits per heavy atom. The Hall–Kier alpha value is -0.910. The number of halogens is 2. The summed E-state index contributed by atoms with van der Waals surface area (Å²) >= 11 is 5.67. The lowest BCUT2D eigenvalue weighted by atomic mass is 10.1. The number of aryl methyl sites for hydroxylation is 1. The number of rotatable bonds is 8. The van der Waals surface area contributed by atoms with Crippen molar-refractivity contribution in [2.45, 2.75) is 89.7 Å². The molecule has 2 heterocycles. The Bertz CT molecular complexity index is 1180. The first-order valence-corrected chi connectivity index (χ1v) is 18.1. The van der Waals surface area contributed by atoms with Crippen LogP contribution in [0.25, 0.3) is 11.2 Å². The van der Waals surface area contributed by atoms with Crippen molar-refractivity contribution in [1.82, 2.24) is 19.5 Å². The van der Waals surface area contributed by atoms with Crippen molar-refractivity contribution in [2.24, 2.45) is 5.92 Å². The van der Waals surface area contributed by atoms with Crippen LogP contribution in [0.1, 0.15) is 79.3 Å². The largest absolute Gasteiger partial charge is 0.475 e. The van der Waals surface area contributed by atoms with Crippen LogP contribution in [-0.4, -0.2) is 52.9 Å². The number of fused-ring (bicyclic) bond motifs is 1. The molecule has 1 aromatic carbocycles. The minimum Gasteiger partial charge on any atom is -0.475 e. The summed E-state index contributed by atoms with van der Waals surface area (Å²) in [6.45, 7) is 17.5. The summed E-state index contributed by atoms with van der Waals surface area (Å²) in [5.74, 6) is 1.16. The summed E-state index contributed by atoms with van der Waals surface area (Å²) in [6, 6.07) is 8.80. The first-order chi connectivity index (χ1) is 18.3. The van der Waals surface area contributed by atoms with Crippen molar-refractivity contribution in [3.05, 3.63) is 47.0 Å². The maximum absolute atomic E-state index is 6.77. The van der Waals surface area contributed by atoms with Gasteiger partial charge < -0.3 is 13.5 Å². The fraction of sp³-hybridized carbons (Fsp3) is 0.633. The number of ether oxygens (including phenoxy) is 1. The molecular weight excluding hydrogens is 687 g/mol. The highest BCUT2D eigenvalue weighted by molar-refractivity contribution is 14.1. The molecule has 6 nitrogen and oxygen atoms in total. The van der Waals surface area contributed by atoms with Gasteiger partial charge in [-0.05, 0) is 55.6 Å². The van der Waals surface area contributed by atoms with Crippen LogP contribution in [0.5, 0.6) is 5.88 Å². The number of aromatic nitrogens is 4.